The van der Waals surface area contributed by atoms with Crippen molar-refractivity contribution in [3.8, 4) is 5.75 Å². The smallest absolute Gasteiger partial charge is 0.441 e. The van der Waals surface area contributed by atoms with Crippen LogP contribution < -0.4 is 4.74 Å². The van der Waals surface area contributed by atoms with Crippen LogP contribution >= 0.6 is 0 Å². The number of ether oxygens (including phenoxy) is 2. The lowest BCUT2D eigenvalue weighted by Crippen LogP contribution is -2.48. The monoisotopic (exact) mass is 470 g/mol. The van der Waals surface area contributed by atoms with Crippen molar-refractivity contribution in [1.29, 1.82) is 0 Å². The first kappa shape index (κ1) is 22.8. The van der Waals surface area contributed by atoms with Crippen molar-refractivity contribution in [2.75, 3.05) is 19.6 Å². The number of hydrogen-bond donors (Lipinski definition) is 0. The summed E-state index contributed by atoms with van der Waals surface area (Å²) in [5.74, 6) is -2.93. The third-order valence-corrected chi connectivity index (χ3v) is 5.67. The van der Waals surface area contributed by atoms with Gasteiger partial charge in [0.25, 0.3) is 5.91 Å². The molecule has 0 atom stereocenters. The fourth-order valence-corrected chi connectivity index (χ4v) is 4.06. The standard InChI is InChI=1S/C22H19F5N2O4/c23-17-5-4-14(10-18(17)24)12-29-13-21(33-20(29)31)6-8-28(9-7-21)19(30)15-2-1-3-16(11-15)32-22(25,26)27/h1-5,10-11H,6-9,12-13H2. The Morgan fingerprint density at radius 1 is 1.06 bits per heavy atom. The topological polar surface area (TPSA) is 59.1 Å². The number of piperidine rings is 1. The number of rotatable bonds is 4. The number of halogens is 5. The zero-order valence-electron chi connectivity index (χ0n) is 17.2. The molecule has 6 nitrogen and oxygen atoms in total. The van der Waals surface area contributed by atoms with Crippen LogP contribution in [0.25, 0.3) is 0 Å². The maximum absolute atomic E-state index is 13.5. The fourth-order valence-electron chi connectivity index (χ4n) is 4.06. The molecule has 11 heteroatoms. The van der Waals surface area contributed by atoms with Crippen molar-refractivity contribution in [1.82, 2.24) is 9.80 Å². The van der Waals surface area contributed by atoms with Gasteiger partial charge in [-0.1, -0.05) is 12.1 Å². The van der Waals surface area contributed by atoms with E-state index >= 15 is 0 Å². The van der Waals surface area contributed by atoms with Gasteiger partial charge in [0.1, 0.15) is 11.4 Å². The molecule has 33 heavy (non-hydrogen) atoms. The van der Waals surface area contributed by atoms with E-state index < -0.39 is 41.3 Å². The van der Waals surface area contributed by atoms with Crippen LogP contribution in [0, 0.1) is 11.6 Å². The summed E-state index contributed by atoms with van der Waals surface area (Å²) in [6.45, 7) is 0.735. The van der Waals surface area contributed by atoms with Crippen molar-refractivity contribution < 1.29 is 41.0 Å². The Bertz CT molecular complexity index is 1070. The van der Waals surface area contributed by atoms with E-state index in [0.29, 0.717) is 18.4 Å². The second-order valence-electron chi connectivity index (χ2n) is 8.02. The van der Waals surface area contributed by atoms with Gasteiger partial charge < -0.3 is 14.4 Å². The fraction of sp³-hybridized carbons (Fsp3) is 0.364. The SMILES string of the molecule is O=C1OC2(CCN(C(=O)c3cccc(OC(F)(F)F)c3)CC2)CN1Cc1ccc(F)c(F)c1. The Kier molecular flexibility index (Phi) is 5.89. The minimum absolute atomic E-state index is 0.0480. The van der Waals surface area contributed by atoms with Gasteiger partial charge in [0.15, 0.2) is 11.6 Å². The first-order valence-electron chi connectivity index (χ1n) is 10.1. The lowest BCUT2D eigenvalue weighted by atomic mass is 9.91. The normalized spacial score (nSPS) is 17.9. The van der Waals surface area contributed by atoms with Gasteiger partial charge >= 0.3 is 12.5 Å². The van der Waals surface area contributed by atoms with Gasteiger partial charge in [-0.2, -0.15) is 0 Å². The molecule has 2 aliphatic heterocycles. The summed E-state index contributed by atoms with van der Waals surface area (Å²) in [5, 5.41) is 0. The third kappa shape index (κ3) is 5.18. The predicted molar refractivity (Wildman–Crippen MR) is 104 cm³/mol. The molecule has 1 spiro atoms. The Morgan fingerprint density at radius 3 is 2.45 bits per heavy atom. The maximum atomic E-state index is 13.5. The molecule has 2 saturated heterocycles. The van der Waals surface area contributed by atoms with Gasteiger partial charge in [-0.15, -0.1) is 13.2 Å². The van der Waals surface area contributed by atoms with Crippen molar-refractivity contribution in [3.05, 3.63) is 65.2 Å². The number of carbonyl (C=O) groups excluding carboxylic acids is 2. The molecule has 2 aliphatic rings. The summed E-state index contributed by atoms with van der Waals surface area (Å²) in [7, 11) is 0. The molecular weight excluding hydrogens is 451 g/mol. The van der Waals surface area contributed by atoms with Crippen LogP contribution in [0.15, 0.2) is 42.5 Å². The maximum Gasteiger partial charge on any atom is 0.573 e. The van der Waals surface area contributed by atoms with Gasteiger partial charge in [-0.3, -0.25) is 9.69 Å². The quantitative estimate of drug-likeness (QED) is 0.618. The molecule has 0 bridgehead atoms. The predicted octanol–water partition coefficient (Wildman–Crippen LogP) is 4.49. The highest BCUT2D eigenvalue weighted by Gasteiger charge is 2.47. The van der Waals surface area contributed by atoms with E-state index in [1.54, 1.807) is 0 Å². The van der Waals surface area contributed by atoms with Crippen molar-refractivity contribution >= 4 is 12.0 Å². The molecule has 2 aromatic rings. The summed E-state index contributed by atoms with van der Waals surface area (Å²) >= 11 is 0. The van der Waals surface area contributed by atoms with Crippen molar-refractivity contribution in [2.45, 2.75) is 31.3 Å². The molecule has 0 aromatic heterocycles. The Hall–Kier alpha value is -3.37. The largest absolute Gasteiger partial charge is 0.573 e. The second kappa shape index (κ2) is 8.53. The average Bonchev–Trinajstić information content (AvgIpc) is 3.04. The average molecular weight is 470 g/mol. The van der Waals surface area contributed by atoms with E-state index in [-0.39, 0.29) is 31.7 Å². The zero-order chi connectivity index (χ0) is 23.8. The van der Waals surface area contributed by atoms with Gasteiger partial charge in [-0.05, 0) is 35.9 Å². The molecule has 2 amide bonds. The highest BCUT2D eigenvalue weighted by Crippen LogP contribution is 2.35. The van der Waals surface area contributed by atoms with E-state index in [2.05, 4.69) is 4.74 Å². The molecule has 0 N–H and O–H groups in total. The van der Waals surface area contributed by atoms with Crippen molar-refractivity contribution in [3.63, 3.8) is 0 Å². The molecule has 2 fully saturated rings. The molecule has 2 aromatic carbocycles. The summed E-state index contributed by atoms with van der Waals surface area (Å²) in [5.41, 5.74) is -0.360. The van der Waals surface area contributed by atoms with Crippen LogP contribution in [-0.2, 0) is 11.3 Å². The van der Waals surface area contributed by atoms with Crippen LogP contribution in [0.2, 0.25) is 0 Å². The van der Waals surface area contributed by atoms with Gasteiger partial charge in [-0.25, -0.2) is 13.6 Å². The lowest BCUT2D eigenvalue weighted by molar-refractivity contribution is -0.274. The number of hydrogen-bond acceptors (Lipinski definition) is 4. The highest BCUT2D eigenvalue weighted by molar-refractivity contribution is 5.94. The summed E-state index contributed by atoms with van der Waals surface area (Å²) < 4.78 is 73.3. The molecule has 0 radical (unpaired) electrons. The first-order chi connectivity index (χ1) is 15.5. The summed E-state index contributed by atoms with van der Waals surface area (Å²) in [6.07, 6.45) is -4.79. The van der Waals surface area contributed by atoms with E-state index in [1.165, 1.54) is 28.0 Å². The molecular formula is C22H19F5N2O4. The molecule has 0 unspecified atom stereocenters. The van der Waals surface area contributed by atoms with E-state index in [1.807, 2.05) is 0 Å². The third-order valence-electron chi connectivity index (χ3n) is 5.67. The second-order valence-corrected chi connectivity index (χ2v) is 8.02. The zero-order valence-corrected chi connectivity index (χ0v) is 17.2. The minimum Gasteiger partial charge on any atom is -0.441 e. The number of nitrogens with zero attached hydrogens (tertiary/aromatic N) is 2. The lowest BCUT2D eigenvalue weighted by Gasteiger charge is -2.37. The van der Waals surface area contributed by atoms with Crippen LogP contribution in [0.3, 0.4) is 0 Å². The van der Waals surface area contributed by atoms with Crippen molar-refractivity contribution in [2.24, 2.45) is 0 Å². The van der Waals surface area contributed by atoms with Gasteiger partial charge in [0.05, 0.1) is 6.54 Å². The molecule has 176 valence electrons. The first-order valence-corrected chi connectivity index (χ1v) is 10.1. The van der Waals surface area contributed by atoms with Gasteiger partial charge in [0.2, 0.25) is 0 Å². The minimum atomic E-state index is -4.86. The Balaban J connectivity index is 1.37. The molecule has 2 heterocycles. The Labute approximate surface area is 185 Å². The molecule has 4 rings (SSSR count). The number of carbonyl (C=O) groups is 2. The van der Waals surface area contributed by atoms with Crippen LogP contribution in [0.5, 0.6) is 5.75 Å². The van der Waals surface area contributed by atoms with Crippen LogP contribution in [0.1, 0.15) is 28.8 Å². The number of benzene rings is 2. The molecule has 0 aliphatic carbocycles. The van der Waals surface area contributed by atoms with E-state index in [9.17, 15) is 31.5 Å². The number of likely N-dealkylation sites (tertiary alicyclic amines) is 1. The number of amides is 2. The van der Waals surface area contributed by atoms with Crippen LogP contribution in [-0.4, -0.2) is 53.4 Å². The van der Waals surface area contributed by atoms with Gasteiger partial charge in [0, 0.05) is 38.0 Å². The van der Waals surface area contributed by atoms with E-state index in [4.69, 9.17) is 4.74 Å². The number of alkyl halides is 3. The molecule has 0 saturated carbocycles. The van der Waals surface area contributed by atoms with Crippen LogP contribution in [0.4, 0.5) is 26.7 Å². The Morgan fingerprint density at radius 2 is 1.79 bits per heavy atom. The highest BCUT2D eigenvalue weighted by atomic mass is 19.4. The van der Waals surface area contributed by atoms with E-state index in [0.717, 1.165) is 24.3 Å². The summed E-state index contributed by atoms with van der Waals surface area (Å²) in [4.78, 5) is 28.0. The summed E-state index contributed by atoms with van der Waals surface area (Å²) in [6, 6.07) is 8.22.